The lowest BCUT2D eigenvalue weighted by molar-refractivity contribution is -0.136. The summed E-state index contributed by atoms with van der Waals surface area (Å²) in [6, 6.07) is 12.8. The normalized spacial score (nSPS) is 10.1. The van der Waals surface area contributed by atoms with Crippen molar-refractivity contribution in [2.24, 2.45) is 0 Å². The van der Waals surface area contributed by atoms with Gasteiger partial charge in [0.1, 0.15) is 5.75 Å². The number of carbonyl (C=O) groups is 2. The molecule has 0 saturated heterocycles. The highest BCUT2D eigenvalue weighted by atomic mass is 79.9. The van der Waals surface area contributed by atoms with Crippen LogP contribution >= 0.6 is 31.9 Å². The topological polar surface area (TPSA) is 67.4 Å². The van der Waals surface area contributed by atoms with Gasteiger partial charge in [-0.15, -0.1) is 0 Å². The predicted octanol–water partition coefficient (Wildman–Crippen LogP) is 3.52. The molecular weight excluding hydrogens is 440 g/mol. The first-order chi connectivity index (χ1) is 11.5. The quantitative estimate of drug-likeness (QED) is 0.678. The van der Waals surface area contributed by atoms with Crippen molar-refractivity contribution in [1.29, 1.82) is 0 Å². The average molecular weight is 456 g/mol. The summed E-state index contributed by atoms with van der Waals surface area (Å²) in [7, 11) is 1.61. The number of benzene rings is 2. The Morgan fingerprint density at radius 2 is 1.75 bits per heavy atom. The monoisotopic (exact) mass is 454 g/mol. The summed E-state index contributed by atoms with van der Waals surface area (Å²) in [6.07, 6.45) is 0.630. The van der Waals surface area contributed by atoms with Gasteiger partial charge >= 0.3 is 11.8 Å². The molecule has 0 aliphatic rings. The molecule has 0 bridgehead atoms. The zero-order valence-corrected chi connectivity index (χ0v) is 16.1. The molecule has 2 aromatic rings. The summed E-state index contributed by atoms with van der Waals surface area (Å²) in [4.78, 5) is 23.8. The molecule has 7 heteroatoms. The molecule has 2 amide bonds. The van der Waals surface area contributed by atoms with Crippen LogP contribution in [-0.4, -0.2) is 25.5 Å². The fourth-order valence-electron chi connectivity index (χ4n) is 1.96. The van der Waals surface area contributed by atoms with E-state index in [1.807, 2.05) is 24.3 Å². The summed E-state index contributed by atoms with van der Waals surface area (Å²) in [5.74, 6) is -0.590. The zero-order valence-electron chi connectivity index (χ0n) is 12.9. The minimum atomic E-state index is -0.701. The first-order valence-electron chi connectivity index (χ1n) is 7.17. The molecule has 2 rings (SSSR count). The standard InChI is InChI=1S/C17H16Br2N2O3/c1-24-13-5-2-11(3-6-13)8-9-20-16(22)17(23)21-15-7-4-12(18)10-14(15)19/h2-7,10H,8-9H2,1H3,(H,20,22)(H,21,23). The van der Waals surface area contributed by atoms with Gasteiger partial charge in [0.25, 0.3) is 0 Å². The molecule has 126 valence electrons. The lowest BCUT2D eigenvalue weighted by atomic mass is 10.1. The van der Waals surface area contributed by atoms with Gasteiger partial charge in [-0.1, -0.05) is 28.1 Å². The Kier molecular flexibility index (Phi) is 6.81. The Hall–Kier alpha value is -1.86. The smallest absolute Gasteiger partial charge is 0.313 e. The highest BCUT2D eigenvalue weighted by Crippen LogP contribution is 2.26. The van der Waals surface area contributed by atoms with E-state index in [-0.39, 0.29) is 0 Å². The Balaban J connectivity index is 1.81. The first kappa shape index (κ1) is 18.5. The molecule has 0 atom stereocenters. The van der Waals surface area contributed by atoms with Gasteiger partial charge in [-0.05, 0) is 58.2 Å². The summed E-state index contributed by atoms with van der Waals surface area (Å²) in [5.41, 5.74) is 1.58. The Labute approximate surface area is 157 Å². The van der Waals surface area contributed by atoms with Crippen LogP contribution in [0.5, 0.6) is 5.75 Å². The second-order valence-electron chi connectivity index (χ2n) is 4.93. The van der Waals surface area contributed by atoms with E-state index in [1.165, 1.54) is 0 Å². The van der Waals surface area contributed by atoms with Crippen LogP contribution in [0.4, 0.5) is 5.69 Å². The number of amides is 2. The zero-order chi connectivity index (χ0) is 17.5. The molecule has 0 radical (unpaired) electrons. The van der Waals surface area contributed by atoms with Crippen molar-refractivity contribution in [3.8, 4) is 5.75 Å². The molecule has 0 aliphatic carbocycles. The summed E-state index contributed by atoms with van der Waals surface area (Å²) in [5, 5.41) is 5.17. The van der Waals surface area contributed by atoms with E-state index in [0.29, 0.717) is 23.1 Å². The molecule has 0 saturated carbocycles. The van der Waals surface area contributed by atoms with Crippen molar-refractivity contribution in [2.75, 3.05) is 19.0 Å². The average Bonchev–Trinajstić information content (AvgIpc) is 2.57. The van der Waals surface area contributed by atoms with Gasteiger partial charge in [-0.2, -0.15) is 0 Å². The lowest BCUT2D eigenvalue weighted by Crippen LogP contribution is -2.36. The van der Waals surface area contributed by atoms with Crippen LogP contribution in [0.25, 0.3) is 0 Å². The molecular formula is C17H16Br2N2O3. The number of ether oxygens (including phenoxy) is 1. The van der Waals surface area contributed by atoms with Crippen molar-refractivity contribution in [3.63, 3.8) is 0 Å². The van der Waals surface area contributed by atoms with Crippen molar-refractivity contribution < 1.29 is 14.3 Å². The van der Waals surface area contributed by atoms with Crippen molar-refractivity contribution in [3.05, 3.63) is 57.0 Å². The molecule has 2 N–H and O–H groups in total. The number of carbonyl (C=O) groups excluding carboxylic acids is 2. The summed E-state index contributed by atoms with van der Waals surface area (Å²) >= 11 is 6.66. The maximum Gasteiger partial charge on any atom is 0.313 e. The van der Waals surface area contributed by atoms with E-state index in [4.69, 9.17) is 4.74 Å². The van der Waals surface area contributed by atoms with E-state index < -0.39 is 11.8 Å². The first-order valence-corrected chi connectivity index (χ1v) is 8.75. The van der Waals surface area contributed by atoms with Gasteiger partial charge in [0.2, 0.25) is 0 Å². The van der Waals surface area contributed by atoms with Crippen molar-refractivity contribution in [2.45, 2.75) is 6.42 Å². The molecule has 0 fully saturated rings. The molecule has 24 heavy (non-hydrogen) atoms. The number of anilines is 1. The second kappa shape index (κ2) is 8.84. The van der Waals surface area contributed by atoms with E-state index in [2.05, 4.69) is 42.5 Å². The van der Waals surface area contributed by atoms with Gasteiger partial charge in [0.05, 0.1) is 12.8 Å². The van der Waals surface area contributed by atoms with Gasteiger partial charge in [-0.3, -0.25) is 9.59 Å². The fraction of sp³-hybridized carbons (Fsp3) is 0.176. The SMILES string of the molecule is COc1ccc(CCNC(=O)C(=O)Nc2ccc(Br)cc2Br)cc1. The number of nitrogens with one attached hydrogen (secondary N) is 2. The lowest BCUT2D eigenvalue weighted by Gasteiger charge is -2.08. The molecule has 0 aromatic heterocycles. The van der Waals surface area contributed by atoms with Crippen LogP contribution in [0.2, 0.25) is 0 Å². The number of hydrogen-bond donors (Lipinski definition) is 2. The van der Waals surface area contributed by atoms with Crippen LogP contribution in [0.15, 0.2) is 51.4 Å². The van der Waals surface area contributed by atoms with Gasteiger partial charge in [0.15, 0.2) is 0 Å². The number of hydrogen-bond acceptors (Lipinski definition) is 3. The van der Waals surface area contributed by atoms with Crippen LogP contribution in [0, 0.1) is 0 Å². The van der Waals surface area contributed by atoms with Crippen molar-refractivity contribution >= 4 is 49.4 Å². The Bertz CT molecular complexity index is 733. The highest BCUT2D eigenvalue weighted by Gasteiger charge is 2.14. The van der Waals surface area contributed by atoms with Crippen LogP contribution < -0.4 is 15.4 Å². The number of rotatable bonds is 5. The maximum absolute atomic E-state index is 11.9. The molecule has 0 spiro atoms. The summed E-state index contributed by atoms with van der Waals surface area (Å²) in [6.45, 7) is 0.375. The third-order valence-corrected chi connectivity index (χ3v) is 4.39. The number of halogens is 2. The predicted molar refractivity (Wildman–Crippen MR) is 100 cm³/mol. The van der Waals surface area contributed by atoms with E-state index in [0.717, 1.165) is 15.8 Å². The maximum atomic E-state index is 11.9. The Morgan fingerprint density at radius 3 is 2.38 bits per heavy atom. The van der Waals surface area contributed by atoms with Crippen LogP contribution in [0.3, 0.4) is 0 Å². The molecule has 2 aromatic carbocycles. The van der Waals surface area contributed by atoms with Crippen LogP contribution in [0.1, 0.15) is 5.56 Å². The highest BCUT2D eigenvalue weighted by molar-refractivity contribution is 9.11. The minimum absolute atomic E-state index is 0.375. The fourth-order valence-corrected chi connectivity index (χ4v) is 3.11. The van der Waals surface area contributed by atoms with E-state index >= 15 is 0 Å². The van der Waals surface area contributed by atoms with Crippen molar-refractivity contribution in [1.82, 2.24) is 5.32 Å². The third-order valence-electron chi connectivity index (χ3n) is 3.24. The molecule has 0 aliphatic heterocycles. The minimum Gasteiger partial charge on any atom is -0.497 e. The van der Waals surface area contributed by atoms with Gasteiger partial charge < -0.3 is 15.4 Å². The molecule has 0 heterocycles. The largest absolute Gasteiger partial charge is 0.497 e. The van der Waals surface area contributed by atoms with E-state index in [1.54, 1.807) is 25.3 Å². The third kappa shape index (κ3) is 5.35. The molecule has 0 unspecified atom stereocenters. The van der Waals surface area contributed by atoms with Gasteiger partial charge in [-0.25, -0.2) is 0 Å². The second-order valence-corrected chi connectivity index (χ2v) is 6.70. The van der Waals surface area contributed by atoms with Crippen LogP contribution in [-0.2, 0) is 16.0 Å². The molecule has 5 nitrogen and oxygen atoms in total. The Morgan fingerprint density at radius 1 is 1.04 bits per heavy atom. The van der Waals surface area contributed by atoms with E-state index in [9.17, 15) is 9.59 Å². The van der Waals surface area contributed by atoms with Gasteiger partial charge in [0, 0.05) is 15.5 Å². The number of methoxy groups -OCH3 is 1. The summed E-state index contributed by atoms with van der Waals surface area (Å²) < 4.78 is 6.65.